The van der Waals surface area contributed by atoms with Gasteiger partial charge in [-0.2, -0.15) is 0 Å². The number of likely N-dealkylation sites (tertiary alicyclic amines) is 1. The molecule has 1 aromatic carbocycles. The zero-order chi connectivity index (χ0) is 13.1. The van der Waals surface area contributed by atoms with E-state index in [-0.39, 0.29) is 12.1 Å². The van der Waals surface area contributed by atoms with Gasteiger partial charge in [0.05, 0.1) is 0 Å². The highest BCUT2D eigenvalue weighted by Crippen LogP contribution is 2.28. The van der Waals surface area contributed by atoms with Crippen molar-refractivity contribution in [3.63, 3.8) is 0 Å². The summed E-state index contributed by atoms with van der Waals surface area (Å²) in [6.45, 7) is 5.05. The predicted molar refractivity (Wildman–Crippen MR) is 71.6 cm³/mol. The third-order valence-electron chi connectivity index (χ3n) is 3.89. The van der Waals surface area contributed by atoms with E-state index < -0.39 is 5.97 Å². The molecule has 98 valence electrons. The van der Waals surface area contributed by atoms with Crippen LogP contribution in [0.4, 0.5) is 0 Å². The lowest BCUT2D eigenvalue weighted by molar-refractivity contribution is -0.145. The van der Waals surface area contributed by atoms with Crippen LogP contribution >= 0.6 is 0 Å². The van der Waals surface area contributed by atoms with Crippen LogP contribution in [0.2, 0.25) is 0 Å². The molecule has 3 heteroatoms. The highest BCUT2D eigenvalue weighted by molar-refractivity contribution is 5.73. The fourth-order valence-electron chi connectivity index (χ4n) is 2.72. The molecule has 18 heavy (non-hydrogen) atoms. The molecule has 1 saturated heterocycles. The summed E-state index contributed by atoms with van der Waals surface area (Å²) in [5.41, 5.74) is 2.44. The minimum absolute atomic E-state index is 0.173. The average Bonchev–Trinajstić information content (AvgIpc) is 2.39. The van der Waals surface area contributed by atoms with Crippen LogP contribution in [0.15, 0.2) is 24.3 Å². The van der Waals surface area contributed by atoms with E-state index >= 15 is 0 Å². The predicted octanol–water partition coefficient (Wildman–Crippen LogP) is 3.00. The molecule has 0 aliphatic carbocycles. The fraction of sp³-hybridized carbons (Fsp3) is 0.533. The Balaban J connectivity index is 2.17. The summed E-state index contributed by atoms with van der Waals surface area (Å²) >= 11 is 0. The first-order valence-corrected chi connectivity index (χ1v) is 6.64. The lowest BCUT2D eigenvalue weighted by Gasteiger charge is -2.37. The number of aliphatic carboxylic acids is 1. The van der Waals surface area contributed by atoms with Crippen LogP contribution in [0.1, 0.15) is 43.4 Å². The molecule has 0 spiro atoms. The van der Waals surface area contributed by atoms with Crippen molar-refractivity contribution in [2.75, 3.05) is 6.54 Å². The zero-order valence-electron chi connectivity index (χ0n) is 11.1. The summed E-state index contributed by atoms with van der Waals surface area (Å²) in [5, 5.41) is 9.31. The second-order valence-electron chi connectivity index (χ2n) is 5.17. The molecule has 0 aromatic heterocycles. The van der Waals surface area contributed by atoms with Gasteiger partial charge in [0.15, 0.2) is 0 Å². The third kappa shape index (κ3) is 2.72. The molecule has 1 heterocycles. The number of piperidine rings is 1. The molecule has 1 aromatic rings. The molecule has 1 aliphatic heterocycles. The smallest absolute Gasteiger partial charge is 0.320 e. The molecule has 2 atom stereocenters. The first-order valence-electron chi connectivity index (χ1n) is 6.64. The van der Waals surface area contributed by atoms with E-state index in [1.54, 1.807) is 0 Å². The largest absolute Gasteiger partial charge is 0.480 e. The number of rotatable bonds is 3. The molecule has 1 N–H and O–H groups in total. The van der Waals surface area contributed by atoms with E-state index in [4.69, 9.17) is 0 Å². The highest BCUT2D eigenvalue weighted by atomic mass is 16.4. The Morgan fingerprint density at radius 2 is 2.00 bits per heavy atom. The minimum atomic E-state index is -0.686. The molecule has 3 nitrogen and oxygen atoms in total. The lowest BCUT2D eigenvalue weighted by Crippen LogP contribution is -2.45. The van der Waals surface area contributed by atoms with E-state index in [2.05, 4.69) is 43.0 Å². The Labute approximate surface area is 108 Å². The molecule has 1 aliphatic rings. The van der Waals surface area contributed by atoms with Crippen molar-refractivity contribution in [1.82, 2.24) is 4.90 Å². The van der Waals surface area contributed by atoms with Crippen LogP contribution < -0.4 is 0 Å². The van der Waals surface area contributed by atoms with Gasteiger partial charge in [-0.25, -0.2) is 0 Å². The summed E-state index contributed by atoms with van der Waals surface area (Å²) in [7, 11) is 0. The number of hydrogen-bond donors (Lipinski definition) is 1. The van der Waals surface area contributed by atoms with Gasteiger partial charge in [0.1, 0.15) is 6.04 Å². The maximum Gasteiger partial charge on any atom is 0.320 e. The highest BCUT2D eigenvalue weighted by Gasteiger charge is 2.31. The topological polar surface area (TPSA) is 40.5 Å². The number of aryl methyl sites for hydroxylation is 1. The van der Waals surface area contributed by atoms with Crippen molar-refractivity contribution in [2.45, 2.75) is 45.2 Å². The van der Waals surface area contributed by atoms with Crippen LogP contribution in [0.3, 0.4) is 0 Å². The molecular weight excluding hydrogens is 226 g/mol. The third-order valence-corrected chi connectivity index (χ3v) is 3.89. The summed E-state index contributed by atoms with van der Waals surface area (Å²) < 4.78 is 0. The maximum atomic E-state index is 11.3. The van der Waals surface area contributed by atoms with Gasteiger partial charge < -0.3 is 5.11 Å². The van der Waals surface area contributed by atoms with E-state index in [1.165, 1.54) is 11.1 Å². The molecule has 1 fully saturated rings. The molecule has 2 rings (SSSR count). The minimum Gasteiger partial charge on any atom is -0.480 e. The van der Waals surface area contributed by atoms with Crippen molar-refractivity contribution >= 4 is 5.97 Å². The molecule has 0 amide bonds. The van der Waals surface area contributed by atoms with E-state index in [1.807, 2.05) is 0 Å². The summed E-state index contributed by atoms with van der Waals surface area (Å²) in [4.78, 5) is 13.4. The number of carboxylic acids is 1. The van der Waals surface area contributed by atoms with Crippen molar-refractivity contribution in [3.8, 4) is 0 Å². The summed E-state index contributed by atoms with van der Waals surface area (Å²) in [6.07, 6.45) is 2.89. The maximum absolute atomic E-state index is 11.3. The van der Waals surface area contributed by atoms with Crippen LogP contribution in [0.25, 0.3) is 0 Å². The lowest BCUT2D eigenvalue weighted by atomic mass is 9.97. The number of hydrogen-bond acceptors (Lipinski definition) is 2. The van der Waals surface area contributed by atoms with Crippen LogP contribution in [-0.2, 0) is 4.79 Å². The van der Waals surface area contributed by atoms with Gasteiger partial charge >= 0.3 is 5.97 Å². The van der Waals surface area contributed by atoms with Crippen LogP contribution in [-0.4, -0.2) is 28.6 Å². The van der Waals surface area contributed by atoms with Gasteiger partial charge in [0.25, 0.3) is 0 Å². The van der Waals surface area contributed by atoms with Gasteiger partial charge in [-0.1, -0.05) is 36.2 Å². The standard InChI is InChI=1S/C15H21NO2/c1-11-6-8-13(9-7-11)12(2)16-10-4-3-5-14(16)15(17)18/h6-9,12,14H,3-5,10H2,1-2H3,(H,17,18). The number of nitrogens with zero attached hydrogens (tertiary/aromatic N) is 1. The van der Waals surface area contributed by atoms with Crippen molar-refractivity contribution in [3.05, 3.63) is 35.4 Å². The molecule has 0 saturated carbocycles. The second kappa shape index (κ2) is 5.53. The Morgan fingerprint density at radius 1 is 1.33 bits per heavy atom. The quantitative estimate of drug-likeness (QED) is 0.892. The summed E-state index contributed by atoms with van der Waals surface area (Å²) in [6, 6.07) is 8.24. The average molecular weight is 247 g/mol. The Kier molecular flexibility index (Phi) is 4.02. The van der Waals surface area contributed by atoms with Crippen molar-refractivity contribution in [1.29, 1.82) is 0 Å². The van der Waals surface area contributed by atoms with Crippen molar-refractivity contribution < 1.29 is 9.90 Å². The van der Waals surface area contributed by atoms with E-state index in [0.29, 0.717) is 0 Å². The Hall–Kier alpha value is -1.35. The summed E-state index contributed by atoms with van der Waals surface area (Å²) in [5.74, 6) is -0.686. The SMILES string of the molecule is Cc1ccc(C(C)N2CCCCC2C(=O)O)cc1. The second-order valence-corrected chi connectivity index (χ2v) is 5.17. The first-order chi connectivity index (χ1) is 8.59. The van der Waals surface area contributed by atoms with Gasteiger partial charge in [-0.3, -0.25) is 9.69 Å². The van der Waals surface area contributed by atoms with Gasteiger partial charge in [0.2, 0.25) is 0 Å². The number of benzene rings is 1. The van der Waals surface area contributed by atoms with Gasteiger partial charge in [-0.15, -0.1) is 0 Å². The van der Waals surface area contributed by atoms with Crippen molar-refractivity contribution in [2.24, 2.45) is 0 Å². The first kappa shape index (κ1) is 13.1. The number of carbonyl (C=O) groups is 1. The number of carboxylic acid groups (broad SMARTS) is 1. The Bertz CT molecular complexity index is 413. The fourth-order valence-corrected chi connectivity index (χ4v) is 2.72. The van der Waals surface area contributed by atoms with Gasteiger partial charge in [0, 0.05) is 6.04 Å². The monoisotopic (exact) mass is 247 g/mol. The molecule has 0 radical (unpaired) electrons. The van der Waals surface area contributed by atoms with Crippen LogP contribution in [0, 0.1) is 6.92 Å². The van der Waals surface area contributed by atoms with E-state index in [0.717, 1.165) is 25.8 Å². The normalized spacial score (nSPS) is 22.7. The van der Waals surface area contributed by atoms with Gasteiger partial charge in [-0.05, 0) is 38.8 Å². The molecule has 2 unspecified atom stereocenters. The van der Waals surface area contributed by atoms with E-state index in [9.17, 15) is 9.90 Å². The van der Waals surface area contributed by atoms with Crippen LogP contribution in [0.5, 0.6) is 0 Å². The molecular formula is C15H21NO2. The Morgan fingerprint density at radius 3 is 2.61 bits per heavy atom. The molecule has 0 bridgehead atoms. The zero-order valence-corrected chi connectivity index (χ0v) is 11.1.